The molecule has 0 rings (SSSR count). The zero-order valence-corrected chi connectivity index (χ0v) is 5.89. The fourth-order valence-electron chi connectivity index (χ4n) is 0.642. The van der Waals surface area contributed by atoms with Crippen molar-refractivity contribution in [1.29, 1.82) is 0 Å². The molecule has 1 N–H and O–H groups in total. The third-order valence-electron chi connectivity index (χ3n) is 1.28. The Morgan fingerprint density at radius 1 is 1.20 bits per heavy atom. The molecule has 58 valence electrons. The summed E-state index contributed by atoms with van der Waals surface area (Å²) in [6, 6.07) is -1.67. The third kappa shape index (κ3) is 2.18. The molecule has 5 nitrogen and oxygen atoms in total. The monoisotopic (exact) mass is 146 g/mol. The summed E-state index contributed by atoms with van der Waals surface area (Å²) in [7, 11) is 0. The van der Waals surface area contributed by atoms with Crippen LogP contribution in [0.4, 0.5) is 0 Å². The Morgan fingerprint density at radius 2 is 1.70 bits per heavy atom. The Balaban J connectivity index is 4.04. The van der Waals surface area contributed by atoms with Gasteiger partial charge in [0.05, 0.1) is 6.10 Å². The Hall–Kier alpha value is -0.840. The van der Waals surface area contributed by atoms with Crippen LogP contribution in [0.1, 0.15) is 13.8 Å². The maximum atomic E-state index is 9.94. The predicted molar refractivity (Wildman–Crippen MR) is 36.5 cm³/mol. The van der Waals surface area contributed by atoms with Crippen LogP contribution >= 0.6 is 0 Å². The van der Waals surface area contributed by atoms with E-state index >= 15 is 0 Å². The smallest absolute Gasteiger partial charge is 0.143 e. The van der Waals surface area contributed by atoms with Gasteiger partial charge in [0.2, 0.25) is 0 Å². The first kappa shape index (κ1) is 9.16. The summed E-state index contributed by atoms with van der Waals surface area (Å²) in [4.78, 5) is 19.8. The first-order valence-corrected chi connectivity index (χ1v) is 2.96. The second-order valence-corrected chi connectivity index (χ2v) is 2.18. The average molecular weight is 146 g/mol. The lowest BCUT2D eigenvalue weighted by Crippen LogP contribution is -2.30. The Labute approximate surface area is 58.4 Å². The summed E-state index contributed by atoms with van der Waals surface area (Å²) in [5.74, 6) is 0. The first-order chi connectivity index (χ1) is 4.63. The van der Waals surface area contributed by atoms with E-state index in [4.69, 9.17) is 5.11 Å². The van der Waals surface area contributed by atoms with E-state index in [-0.39, 0.29) is 0 Å². The fraction of sp³-hybridized carbons (Fsp3) is 1.00. The third-order valence-corrected chi connectivity index (χ3v) is 1.28. The first-order valence-electron chi connectivity index (χ1n) is 2.96. The second kappa shape index (κ2) is 4.05. The highest BCUT2D eigenvalue weighted by Gasteiger charge is 2.23. The molecule has 0 aromatic carbocycles. The molecule has 3 unspecified atom stereocenters. The summed E-state index contributed by atoms with van der Waals surface area (Å²) in [5, 5.41) is 14.0. The SMILES string of the molecule is CC(O)C(N=O)C(C)N=O. The second-order valence-electron chi connectivity index (χ2n) is 2.18. The summed E-state index contributed by atoms with van der Waals surface area (Å²) in [6.07, 6.45) is -0.912. The van der Waals surface area contributed by atoms with Gasteiger partial charge in [-0.15, -0.1) is 0 Å². The fourth-order valence-corrected chi connectivity index (χ4v) is 0.642. The van der Waals surface area contributed by atoms with E-state index in [1.807, 2.05) is 0 Å². The van der Waals surface area contributed by atoms with E-state index in [2.05, 4.69) is 10.4 Å². The van der Waals surface area contributed by atoms with Crippen LogP contribution < -0.4 is 0 Å². The summed E-state index contributed by atoms with van der Waals surface area (Å²) in [6.45, 7) is 2.83. The Morgan fingerprint density at radius 3 is 1.80 bits per heavy atom. The van der Waals surface area contributed by atoms with Gasteiger partial charge in [-0.05, 0) is 13.8 Å². The molecule has 0 saturated carbocycles. The summed E-state index contributed by atoms with van der Waals surface area (Å²) >= 11 is 0. The standard InChI is InChI=1S/C5H10N2O3/c1-3(6-9)5(7-10)4(2)8/h3-5,8H,1-2H3. The number of aliphatic hydroxyl groups is 1. The maximum Gasteiger partial charge on any atom is 0.143 e. The van der Waals surface area contributed by atoms with Crippen molar-refractivity contribution in [3.63, 3.8) is 0 Å². The minimum Gasteiger partial charge on any atom is -0.391 e. The van der Waals surface area contributed by atoms with Crippen LogP contribution in [0.15, 0.2) is 10.4 Å². The summed E-state index contributed by atoms with van der Waals surface area (Å²) in [5.41, 5.74) is 0. The van der Waals surface area contributed by atoms with Crippen molar-refractivity contribution in [3.05, 3.63) is 9.81 Å². The van der Waals surface area contributed by atoms with Gasteiger partial charge in [-0.2, -0.15) is 9.81 Å². The normalized spacial score (nSPS) is 19.1. The molecule has 0 aromatic heterocycles. The topological polar surface area (TPSA) is 79.1 Å². The van der Waals surface area contributed by atoms with Crippen molar-refractivity contribution < 1.29 is 5.11 Å². The number of rotatable bonds is 4. The quantitative estimate of drug-likeness (QED) is 0.591. The van der Waals surface area contributed by atoms with Crippen LogP contribution in [-0.4, -0.2) is 23.3 Å². The van der Waals surface area contributed by atoms with Gasteiger partial charge in [-0.3, -0.25) is 0 Å². The number of nitrogens with zero attached hydrogens (tertiary/aromatic N) is 2. The Bertz CT molecular complexity index is 126. The van der Waals surface area contributed by atoms with Crippen LogP contribution in [-0.2, 0) is 0 Å². The molecule has 0 radical (unpaired) electrons. The lowest BCUT2D eigenvalue weighted by molar-refractivity contribution is 0.154. The van der Waals surface area contributed by atoms with Crippen LogP contribution in [0.3, 0.4) is 0 Å². The van der Waals surface area contributed by atoms with Crippen molar-refractivity contribution in [1.82, 2.24) is 0 Å². The lowest BCUT2D eigenvalue weighted by atomic mass is 10.1. The molecule has 0 aliphatic carbocycles. The van der Waals surface area contributed by atoms with Gasteiger partial charge in [-0.25, -0.2) is 0 Å². The minimum absolute atomic E-state index is 0.752. The number of nitroso groups, excluding NO2 is 2. The number of hydrogen-bond acceptors (Lipinski definition) is 5. The van der Waals surface area contributed by atoms with Crippen LogP contribution in [0.25, 0.3) is 0 Å². The highest BCUT2D eigenvalue weighted by Crippen LogP contribution is 2.06. The zero-order valence-electron chi connectivity index (χ0n) is 5.89. The van der Waals surface area contributed by atoms with Crippen molar-refractivity contribution in [3.8, 4) is 0 Å². The lowest BCUT2D eigenvalue weighted by Gasteiger charge is -2.12. The van der Waals surface area contributed by atoms with E-state index < -0.39 is 18.2 Å². The molecule has 0 aliphatic rings. The van der Waals surface area contributed by atoms with Gasteiger partial charge in [0, 0.05) is 0 Å². The number of aliphatic hydroxyl groups excluding tert-OH is 1. The molecule has 10 heavy (non-hydrogen) atoms. The van der Waals surface area contributed by atoms with Crippen LogP contribution in [0.2, 0.25) is 0 Å². The van der Waals surface area contributed by atoms with Crippen LogP contribution in [0.5, 0.6) is 0 Å². The molecule has 0 aliphatic heterocycles. The van der Waals surface area contributed by atoms with Gasteiger partial charge in [-0.1, -0.05) is 10.4 Å². The Kier molecular flexibility index (Phi) is 3.71. The summed E-state index contributed by atoms with van der Waals surface area (Å²) < 4.78 is 0. The molecule has 0 bridgehead atoms. The zero-order chi connectivity index (χ0) is 8.15. The van der Waals surface area contributed by atoms with E-state index in [1.54, 1.807) is 0 Å². The van der Waals surface area contributed by atoms with Gasteiger partial charge < -0.3 is 5.11 Å². The molecule has 0 spiro atoms. The van der Waals surface area contributed by atoms with Gasteiger partial charge in [0.25, 0.3) is 0 Å². The molecular formula is C5H10N2O3. The van der Waals surface area contributed by atoms with E-state index in [0.717, 1.165) is 0 Å². The maximum absolute atomic E-state index is 9.94. The molecule has 0 heterocycles. The molecule has 0 amide bonds. The van der Waals surface area contributed by atoms with Gasteiger partial charge in [0.15, 0.2) is 0 Å². The molecule has 0 aromatic rings. The highest BCUT2D eigenvalue weighted by atomic mass is 16.3. The van der Waals surface area contributed by atoms with E-state index in [9.17, 15) is 9.81 Å². The molecule has 5 heteroatoms. The van der Waals surface area contributed by atoms with Gasteiger partial charge >= 0.3 is 0 Å². The van der Waals surface area contributed by atoms with Crippen molar-refractivity contribution in [2.75, 3.05) is 0 Å². The van der Waals surface area contributed by atoms with Crippen LogP contribution in [0, 0.1) is 9.81 Å². The van der Waals surface area contributed by atoms with E-state index in [1.165, 1.54) is 13.8 Å². The van der Waals surface area contributed by atoms with Gasteiger partial charge in [0.1, 0.15) is 12.1 Å². The number of hydrogen-bond donors (Lipinski definition) is 1. The molecule has 0 saturated heterocycles. The average Bonchev–Trinajstić information content (AvgIpc) is 1.88. The molecule has 3 atom stereocenters. The largest absolute Gasteiger partial charge is 0.391 e. The van der Waals surface area contributed by atoms with Crippen molar-refractivity contribution in [2.45, 2.75) is 32.0 Å². The van der Waals surface area contributed by atoms with Crippen molar-refractivity contribution >= 4 is 0 Å². The van der Waals surface area contributed by atoms with Crippen molar-refractivity contribution in [2.24, 2.45) is 10.4 Å². The minimum atomic E-state index is -0.919. The van der Waals surface area contributed by atoms with E-state index in [0.29, 0.717) is 0 Å². The molecule has 0 fully saturated rings. The predicted octanol–water partition coefficient (Wildman–Crippen LogP) is 0.657. The highest BCUT2D eigenvalue weighted by molar-refractivity contribution is 4.81. The molecular weight excluding hydrogens is 136 g/mol.